The Morgan fingerprint density at radius 1 is 1.56 bits per heavy atom. The van der Waals surface area contributed by atoms with Crippen molar-refractivity contribution in [3.8, 4) is 0 Å². The smallest absolute Gasteiger partial charge is 0.326 e. The molecule has 1 aliphatic carbocycles. The molecule has 2 atom stereocenters. The van der Waals surface area contributed by atoms with Gasteiger partial charge in [0.1, 0.15) is 5.54 Å². The lowest BCUT2D eigenvalue weighted by Gasteiger charge is -2.26. The topological polar surface area (TPSA) is 38.3 Å². The summed E-state index contributed by atoms with van der Waals surface area (Å²) in [5.74, 6) is 1.12. The lowest BCUT2D eigenvalue weighted by molar-refractivity contribution is -0.150. The molecule has 0 aliphatic heterocycles. The summed E-state index contributed by atoms with van der Waals surface area (Å²) < 4.78 is 5.16. The molecule has 2 unspecified atom stereocenters. The Bertz CT molecular complexity index is 235. The number of rotatable bonds is 6. The molecule has 0 aromatic heterocycles. The van der Waals surface area contributed by atoms with Crippen LogP contribution in [0.4, 0.5) is 0 Å². The summed E-state index contributed by atoms with van der Waals surface area (Å²) in [5, 5.41) is 3.79. The number of carbonyl (C=O) groups is 1. The lowest BCUT2D eigenvalue weighted by Crippen LogP contribution is -2.49. The van der Waals surface area contributed by atoms with Gasteiger partial charge in [-0.05, 0) is 45.4 Å². The van der Waals surface area contributed by atoms with Crippen LogP contribution < -0.4 is 5.32 Å². The van der Waals surface area contributed by atoms with Crippen LogP contribution in [0, 0.1) is 0 Å². The summed E-state index contributed by atoms with van der Waals surface area (Å²) in [6.07, 6.45) is 4.13. The summed E-state index contributed by atoms with van der Waals surface area (Å²) in [7, 11) is 1.86. The van der Waals surface area contributed by atoms with Crippen LogP contribution in [0.3, 0.4) is 0 Å². The quantitative estimate of drug-likeness (QED) is 0.728. The van der Waals surface area contributed by atoms with E-state index in [1.54, 1.807) is 0 Å². The Labute approximate surface area is 103 Å². The molecule has 0 radical (unpaired) electrons. The largest absolute Gasteiger partial charge is 0.465 e. The van der Waals surface area contributed by atoms with Crippen LogP contribution in [0.5, 0.6) is 0 Å². The Balaban J connectivity index is 2.53. The van der Waals surface area contributed by atoms with Crippen molar-refractivity contribution in [2.75, 3.05) is 19.4 Å². The highest BCUT2D eigenvalue weighted by Crippen LogP contribution is 2.37. The van der Waals surface area contributed by atoms with Crippen molar-refractivity contribution in [1.82, 2.24) is 5.32 Å². The highest BCUT2D eigenvalue weighted by atomic mass is 32.2. The van der Waals surface area contributed by atoms with Gasteiger partial charge >= 0.3 is 5.97 Å². The average molecular weight is 245 g/mol. The van der Waals surface area contributed by atoms with E-state index in [1.165, 1.54) is 12.2 Å². The predicted molar refractivity (Wildman–Crippen MR) is 68.8 cm³/mol. The molecule has 0 amide bonds. The second kappa shape index (κ2) is 6.50. The Morgan fingerprint density at radius 2 is 2.31 bits per heavy atom. The molecular weight excluding hydrogens is 222 g/mol. The normalized spacial score (nSPS) is 29.3. The van der Waals surface area contributed by atoms with Gasteiger partial charge in [0.2, 0.25) is 0 Å². The maximum atomic E-state index is 11.9. The van der Waals surface area contributed by atoms with Crippen LogP contribution in [0.25, 0.3) is 0 Å². The van der Waals surface area contributed by atoms with Gasteiger partial charge in [-0.3, -0.25) is 4.79 Å². The first-order chi connectivity index (χ1) is 7.68. The van der Waals surface area contributed by atoms with Gasteiger partial charge in [0.05, 0.1) is 6.61 Å². The molecule has 1 N–H and O–H groups in total. The zero-order valence-electron chi connectivity index (χ0n) is 10.5. The van der Waals surface area contributed by atoms with Gasteiger partial charge in [0.25, 0.3) is 0 Å². The molecule has 16 heavy (non-hydrogen) atoms. The van der Waals surface area contributed by atoms with E-state index in [9.17, 15) is 4.79 Å². The maximum absolute atomic E-state index is 11.9. The van der Waals surface area contributed by atoms with E-state index < -0.39 is 5.54 Å². The van der Waals surface area contributed by atoms with E-state index in [2.05, 4.69) is 12.2 Å². The Morgan fingerprint density at radius 3 is 2.88 bits per heavy atom. The Hall–Kier alpha value is -0.220. The van der Waals surface area contributed by atoms with Gasteiger partial charge < -0.3 is 10.1 Å². The summed E-state index contributed by atoms with van der Waals surface area (Å²) >= 11 is 1.99. The molecule has 0 saturated heterocycles. The molecule has 3 nitrogen and oxygen atoms in total. The highest BCUT2D eigenvalue weighted by Gasteiger charge is 2.45. The van der Waals surface area contributed by atoms with Crippen molar-refractivity contribution in [2.45, 2.75) is 50.3 Å². The number of thioether (sulfide) groups is 1. The molecule has 1 saturated carbocycles. The number of hydrogen-bond donors (Lipinski definition) is 1. The van der Waals surface area contributed by atoms with Gasteiger partial charge in [-0.1, -0.05) is 6.92 Å². The zero-order chi connectivity index (χ0) is 12.0. The van der Waals surface area contributed by atoms with E-state index in [0.717, 1.165) is 19.3 Å². The molecule has 1 fully saturated rings. The highest BCUT2D eigenvalue weighted by molar-refractivity contribution is 7.99. The van der Waals surface area contributed by atoms with Crippen LogP contribution in [0.15, 0.2) is 0 Å². The van der Waals surface area contributed by atoms with Crippen LogP contribution in [0.2, 0.25) is 0 Å². The average Bonchev–Trinajstić information content (AvgIpc) is 2.71. The predicted octanol–water partition coefficient (Wildman–Crippen LogP) is 2.20. The molecule has 0 aromatic rings. The maximum Gasteiger partial charge on any atom is 0.326 e. The number of esters is 1. The molecule has 1 aliphatic rings. The molecule has 0 spiro atoms. The van der Waals surface area contributed by atoms with E-state index in [0.29, 0.717) is 11.9 Å². The number of hydrogen-bond acceptors (Lipinski definition) is 4. The molecular formula is C12H23NO2S. The van der Waals surface area contributed by atoms with Crippen molar-refractivity contribution >= 4 is 17.7 Å². The van der Waals surface area contributed by atoms with Crippen molar-refractivity contribution in [3.63, 3.8) is 0 Å². The van der Waals surface area contributed by atoms with Crippen LogP contribution in [0.1, 0.15) is 39.5 Å². The van der Waals surface area contributed by atoms with E-state index in [1.807, 2.05) is 25.7 Å². The third kappa shape index (κ3) is 3.14. The third-order valence-corrected chi connectivity index (χ3v) is 4.69. The summed E-state index contributed by atoms with van der Waals surface area (Å²) in [6, 6.07) is 0. The number of likely N-dealkylation sites (N-methyl/N-ethyl adjacent to an activating group) is 1. The third-order valence-electron chi connectivity index (χ3n) is 3.17. The molecule has 94 valence electrons. The fraction of sp³-hybridized carbons (Fsp3) is 0.917. The Kier molecular flexibility index (Phi) is 5.62. The molecule has 0 aromatic carbocycles. The minimum Gasteiger partial charge on any atom is -0.465 e. The minimum absolute atomic E-state index is 0.0721. The van der Waals surface area contributed by atoms with Gasteiger partial charge in [0.15, 0.2) is 0 Å². The summed E-state index contributed by atoms with van der Waals surface area (Å²) in [4.78, 5) is 11.9. The fourth-order valence-corrected chi connectivity index (χ4v) is 3.47. The number of nitrogens with one attached hydrogen (secondary N) is 1. The van der Waals surface area contributed by atoms with Crippen molar-refractivity contribution in [3.05, 3.63) is 0 Å². The monoisotopic (exact) mass is 245 g/mol. The zero-order valence-corrected chi connectivity index (χ0v) is 11.4. The summed E-state index contributed by atoms with van der Waals surface area (Å²) in [6.45, 7) is 4.52. The molecule has 0 bridgehead atoms. The van der Waals surface area contributed by atoms with Crippen molar-refractivity contribution in [1.29, 1.82) is 0 Å². The van der Waals surface area contributed by atoms with Gasteiger partial charge in [0, 0.05) is 5.25 Å². The van der Waals surface area contributed by atoms with Crippen LogP contribution in [-0.2, 0) is 9.53 Å². The van der Waals surface area contributed by atoms with Gasteiger partial charge in [-0.15, -0.1) is 0 Å². The standard InChI is InChI=1S/C12H23NO2S/c1-4-8-16-10-6-7-12(9-10,13-3)11(14)15-5-2/h10,13H,4-9H2,1-3H3. The molecule has 4 heteroatoms. The summed E-state index contributed by atoms with van der Waals surface area (Å²) in [5.41, 5.74) is -0.415. The first-order valence-corrected chi connectivity index (χ1v) is 7.21. The second-order valence-electron chi connectivity index (χ2n) is 4.29. The SMILES string of the molecule is CCCSC1CCC(NC)(C(=O)OCC)C1. The second-order valence-corrected chi connectivity index (χ2v) is 5.70. The number of carbonyl (C=O) groups excluding carboxylic acids is 1. The van der Waals surface area contributed by atoms with E-state index in [-0.39, 0.29) is 5.97 Å². The van der Waals surface area contributed by atoms with Gasteiger partial charge in [-0.25, -0.2) is 0 Å². The fourth-order valence-electron chi connectivity index (χ4n) is 2.21. The molecule has 0 heterocycles. The van der Waals surface area contributed by atoms with E-state index in [4.69, 9.17) is 4.74 Å². The van der Waals surface area contributed by atoms with Crippen molar-refractivity contribution in [2.24, 2.45) is 0 Å². The van der Waals surface area contributed by atoms with E-state index >= 15 is 0 Å². The van der Waals surface area contributed by atoms with Gasteiger partial charge in [-0.2, -0.15) is 11.8 Å². The minimum atomic E-state index is -0.415. The number of ether oxygens (including phenoxy) is 1. The van der Waals surface area contributed by atoms with Crippen LogP contribution >= 0.6 is 11.8 Å². The first-order valence-electron chi connectivity index (χ1n) is 6.16. The van der Waals surface area contributed by atoms with Crippen LogP contribution in [-0.4, -0.2) is 36.2 Å². The van der Waals surface area contributed by atoms with Crippen molar-refractivity contribution < 1.29 is 9.53 Å². The molecule has 1 rings (SSSR count). The first kappa shape index (κ1) is 13.8. The lowest BCUT2D eigenvalue weighted by atomic mass is 9.98.